The molecule has 0 aliphatic carbocycles. The van der Waals surface area contributed by atoms with Crippen LogP contribution in [0.5, 0.6) is 0 Å². The number of hydrogen-bond acceptors (Lipinski definition) is 3. The van der Waals surface area contributed by atoms with Crippen LogP contribution < -0.4 is 0 Å². The molecule has 0 saturated heterocycles. The van der Waals surface area contributed by atoms with E-state index in [1.54, 1.807) is 0 Å². The molecular weight excluding hydrogens is 258 g/mol. The Morgan fingerprint density at radius 1 is 1.22 bits per heavy atom. The fourth-order valence-corrected chi connectivity index (χ4v) is 1.30. The lowest BCUT2D eigenvalue weighted by Gasteiger charge is -2.39. The van der Waals surface area contributed by atoms with Crippen molar-refractivity contribution in [2.75, 3.05) is 14.2 Å². The lowest BCUT2D eigenvalue weighted by atomic mass is 9.78. The first kappa shape index (κ1) is 17.1. The zero-order valence-electron chi connectivity index (χ0n) is 10.8. The zero-order valence-corrected chi connectivity index (χ0v) is 10.8. The number of rotatable bonds is 3. The number of hydroxylamine groups is 2. The maximum Gasteiger partial charge on any atom is 0.434 e. The van der Waals surface area contributed by atoms with E-state index in [1.165, 1.54) is 20.8 Å². The normalized spacial score (nSPS) is 18.1. The molecule has 0 spiro atoms. The summed E-state index contributed by atoms with van der Waals surface area (Å²) in [6, 6.07) is 0. The first-order valence-electron chi connectivity index (χ1n) is 5.06. The molecule has 0 aromatic heterocycles. The van der Waals surface area contributed by atoms with Gasteiger partial charge in [0.2, 0.25) is 0 Å². The SMILES string of the molecule is CON(C)C(=O)[C@@](F)([C@H](O)C(C)(C)C)C(F)(F)F. The molecule has 0 saturated carbocycles. The Balaban J connectivity index is 5.69. The maximum absolute atomic E-state index is 14.2. The summed E-state index contributed by atoms with van der Waals surface area (Å²) >= 11 is 0. The summed E-state index contributed by atoms with van der Waals surface area (Å²) < 4.78 is 52.6. The number of nitrogens with zero attached hydrogens (tertiary/aromatic N) is 1. The number of aliphatic hydroxyl groups is 1. The molecule has 0 aliphatic heterocycles. The van der Waals surface area contributed by atoms with Crippen LogP contribution in [-0.2, 0) is 9.63 Å². The standard InChI is InChI=1S/C10H17F4NO3/c1-8(2,3)6(16)9(11,10(12,13)14)7(17)15(4)18-5/h6,16H,1-5H3/t6-,9+/m1/s1. The van der Waals surface area contributed by atoms with E-state index in [9.17, 15) is 27.5 Å². The number of aliphatic hydroxyl groups excluding tert-OH is 1. The van der Waals surface area contributed by atoms with Gasteiger partial charge in [-0.05, 0) is 5.41 Å². The summed E-state index contributed by atoms with van der Waals surface area (Å²) in [5, 5.41) is 9.66. The van der Waals surface area contributed by atoms with Crippen molar-refractivity contribution in [3.8, 4) is 0 Å². The van der Waals surface area contributed by atoms with Crippen molar-refractivity contribution in [1.82, 2.24) is 5.06 Å². The van der Waals surface area contributed by atoms with Crippen LogP contribution in [-0.4, -0.2) is 48.2 Å². The molecule has 0 aromatic rings. The molecule has 0 rings (SSSR count). The summed E-state index contributed by atoms with van der Waals surface area (Å²) in [6.45, 7) is 3.58. The van der Waals surface area contributed by atoms with Gasteiger partial charge in [-0.25, -0.2) is 9.45 Å². The average molecular weight is 275 g/mol. The van der Waals surface area contributed by atoms with E-state index in [0.29, 0.717) is 0 Å². The second-order valence-electron chi connectivity index (χ2n) is 4.96. The average Bonchev–Trinajstić information content (AvgIpc) is 2.21. The molecule has 0 radical (unpaired) electrons. The van der Waals surface area contributed by atoms with Crippen molar-refractivity contribution < 1.29 is 32.3 Å². The summed E-state index contributed by atoms with van der Waals surface area (Å²) in [4.78, 5) is 15.7. The van der Waals surface area contributed by atoms with Gasteiger partial charge in [0.1, 0.15) is 6.10 Å². The van der Waals surface area contributed by atoms with Crippen LogP contribution in [0.1, 0.15) is 20.8 Å². The van der Waals surface area contributed by atoms with Crippen molar-refractivity contribution in [3.63, 3.8) is 0 Å². The predicted octanol–water partition coefficient (Wildman–Crippen LogP) is 1.68. The summed E-state index contributed by atoms with van der Waals surface area (Å²) in [7, 11) is 1.75. The van der Waals surface area contributed by atoms with Gasteiger partial charge in [0.15, 0.2) is 0 Å². The van der Waals surface area contributed by atoms with Crippen LogP contribution in [0.4, 0.5) is 17.6 Å². The van der Waals surface area contributed by atoms with E-state index < -0.39 is 29.3 Å². The maximum atomic E-state index is 14.2. The lowest BCUT2D eigenvalue weighted by Crippen LogP contribution is -2.64. The highest BCUT2D eigenvalue weighted by atomic mass is 19.4. The smallest absolute Gasteiger partial charge is 0.388 e. The van der Waals surface area contributed by atoms with Gasteiger partial charge in [-0.3, -0.25) is 9.63 Å². The molecule has 0 unspecified atom stereocenters. The highest BCUT2D eigenvalue weighted by Gasteiger charge is 2.69. The zero-order chi connectivity index (χ0) is 14.9. The molecule has 4 nitrogen and oxygen atoms in total. The second-order valence-corrected chi connectivity index (χ2v) is 4.96. The first-order chi connectivity index (χ1) is 7.80. The van der Waals surface area contributed by atoms with Gasteiger partial charge in [-0.15, -0.1) is 0 Å². The molecule has 1 amide bonds. The van der Waals surface area contributed by atoms with E-state index in [0.717, 1.165) is 14.2 Å². The Kier molecular flexibility index (Phi) is 4.76. The number of alkyl halides is 4. The van der Waals surface area contributed by atoms with E-state index >= 15 is 0 Å². The Bertz CT molecular complexity index is 313. The van der Waals surface area contributed by atoms with Crippen molar-refractivity contribution in [2.45, 2.75) is 38.7 Å². The summed E-state index contributed by atoms with van der Waals surface area (Å²) in [5.41, 5.74) is -5.90. The van der Waals surface area contributed by atoms with Crippen LogP contribution in [0.3, 0.4) is 0 Å². The Morgan fingerprint density at radius 2 is 1.61 bits per heavy atom. The molecule has 108 valence electrons. The third kappa shape index (κ3) is 2.92. The highest BCUT2D eigenvalue weighted by Crippen LogP contribution is 2.43. The molecule has 0 heterocycles. The number of hydrogen-bond donors (Lipinski definition) is 1. The lowest BCUT2D eigenvalue weighted by molar-refractivity contribution is -0.278. The van der Waals surface area contributed by atoms with E-state index in [-0.39, 0.29) is 5.06 Å². The van der Waals surface area contributed by atoms with Crippen LogP contribution in [0.15, 0.2) is 0 Å². The fraction of sp³-hybridized carbons (Fsp3) is 0.900. The fourth-order valence-electron chi connectivity index (χ4n) is 1.30. The van der Waals surface area contributed by atoms with Gasteiger partial charge in [0.05, 0.1) is 7.11 Å². The predicted molar refractivity (Wildman–Crippen MR) is 55.1 cm³/mol. The minimum Gasteiger partial charge on any atom is -0.388 e. The summed E-state index contributed by atoms with van der Waals surface area (Å²) in [6.07, 6.45) is -8.11. The molecule has 0 aliphatic rings. The molecule has 0 bridgehead atoms. The third-order valence-electron chi connectivity index (χ3n) is 2.48. The van der Waals surface area contributed by atoms with Gasteiger partial charge < -0.3 is 5.11 Å². The van der Waals surface area contributed by atoms with Crippen molar-refractivity contribution in [1.29, 1.82) is 0 Å². The van der Waals surface area contributed by atoms with Crippen LogP contribution in [0.2, 0.25) is 0 Å². The number of halogens is 4. The van der Waals surface area contributed by atoms with Crippen LogP contribution in [0.25, 0.3) is 0 Å². The van der Waals surface area contributed by atoms with Gasteiger partial charge in [0, 0.05) is 7.05 Å². The Morgan fingerprint density at radius 3 is 1.83 bits per heavy atom. The minimum atomic E-state index is -5.55. The molecule has 0 aromatic carbocycles. The van der Waals surface area contributed by atoms with Gasteiger partial charge in [-0.2, -0.15) is 13.2 Å². The molecule has 0 fully saturated rings. The molecule has 2 atom stereocenters. The van der Waals surface area contributed by atoms with Crippen LogP contribution >= 0.6 is 0 Å². The highest BCUT2D eigenvalue weighted by molar-refractivity contribution is 5.86. The van der Waals surface area contributed by atoms with E-state index in [1.807, 2.05) is 0 Å². The van der Waals surface area contributed by atoms with E-state index in [2.05, 4.69) is 4.84 Å². The molecular formula is C10H17F4NO3. The van der Waals surface area contributed by atoms with Gasteiger partial charge in [0.25, 0.3) is 5.91 Å². The van der Waals surface area contributed by atoms with Crippen LogP contribution in [0, 0.1) is 5.41 Å². The monoisotopic (exact) mass is 275 g/mol. The number of carbonyl (C=O) groups is 1. The third-order valence-corrected chi connectivity index (χ3v) is 2.48. The van der Waals surface area contributed by atoms with Gasteiger partial charge in [-0.1, -0.05) is 20.8 Å². The second kappa shape index (κ2) is 5.00. The quantitative estimate of drug-likeness (QED) is 0.630. The largest absolute Gasteiger partial charge is 0.434 e. The molecule has 1 N–H and O–H groups in total. The van der Waals surface area contributed by atoms with Crippen molar-refractivity contribution >= 4 is 5.91 Å². The van der Waals surface area contributed by atoms with Crippen molar-refractivity contribution in [3.05, 3.63) is 0 Å². The van der Waals surface area contributed by atoms with Gasteiger partial charge >= 0.3 is 11.8 Å². The first-order valence-corrected chi connectivity index (χ1v) is 5.06. The molecule has 18 heavy (non-hydrogen) atoms. The summed E-state index contributed by atoms with van der Waals surface area (Å²) in [5.74, 6) is -2.00. The van der Waals surface area contributed by atoms with Crippen molar-refractivity contribution in [2.24, 2.45) is 5.41 Å². The minimum absolute atomic E-state index is 0.0997. The number of amides is 1. The number of carbonyl (C=O) groups excluding carboxylic acids is 1. The molecule has 8 heteroatoms. The Labute approximate surface area is 102 Å². The topological polar surface area (TPSA) is 49.8 Å². The van der Waals surface area contributed by atoms with E-state index in [4.69, 9.17) is 0 Å². The Hall–Kier alpha value is -0.890.